The van der Waals surface area contributed by atoms with Gasteiger partial charge >= 0.3 is 12.2 Å². The van der Waals surface area contributed by atoms with E-state index >= 15 is 0 Å². The molecular formula is C13H21NO3. The highest BCUT2D eigenvalue weighted by atomic mass is 16.6. The molecule has 0 aromatic rings. The molecule has 0 saturated heterocycles. The van der Waals surface area contributed by atoms with Crippen molar-refractivity contribution in [3.63, 3.8) is 0 Å². The van der Waals surface area contributed by atoms with Gasteiger partial charge in [-0.1, -0.05) is 33.1 Å². The van der Waals surface area contributed by atoms with Crippen LogP contribution in [0, 0.1) is 17.0 Å². The third-order valence-electron chi connectivity index (χ3n) is 4.04. The summed E-state index contributed by atoms with van der Waals surface area (Å²) in [6.07, 6.45) is 5.77. The Balaban J connectivity index is 2.15. The summed E-state index contributed by atoms with van der Waals surface area (Å²) >= 11 is 0. The van der Waals surface area contributed by atoms with Crippen LogP contribution in [0.4, 0.5) is 0 Å². The summed E-state index contributed by atoms with van der Waals surface area (Å²) in [6, 6.07) is 0. The molecule has 0 aromatic heterocycles. The van der Waals surface area contributed by atoms with Gasteiger partial charge in [0.05, 0.1) is 5.92 Å². The van der Waals surface area contributed by atoms with Crippen LogP contribution in [0.25, 0.3) is 0 Å². The maximum absolute atomic E-state index is 12.1. The predicted molar refractivity (Wildman–Crippen MR) is 64.5 cm³/mol. The molecule has 1 aliphatic carbocycles. The minimum Gasteiger partial charge on any atom is -0.621 e. The fraction of sp³-hybridized carbons (Fsp3) is 0.846. The number of cyclic esters (lactones) is 1. The van der Waals surface area contributed by atoms with Gasteiger partial charge in [-0.15, -0.1) is 0 Å². The zero-order chi connectivity index (χ0) is 12.4. The molecular weight excluding hydrogens is 218 g/mol. The van der Waals surface area contributed by atoms with E-state index in [2.05, 4.69) is 0 Å². The smallest absolute Gasteiger partial charge is 0.405 e. The van der Waals surface area contributed by atoms with Gasteiger partial charge in [-0.05, 0) is 19.3 Å². The first-order valence-electron chi connectivity index (χ1n) is 6.69. The van der Waals surface area contributed by atoms with Crippen molar-refractivity contribution in [3.8, 4) is 0 Å². The van der Waals surface area contributed by atoms with Crippen molar-refractivity contribution in [2.75, 3.05) is 0 Å². The molecule has 2 aliphatic rings. The second-order valence-corrected chi connectivity index (χ2v) is 5.21. The lowest BCUT2D eigenvalue weighted by Gasteiger charge is -2.24. The van der Waals surface area contributed by atoms with Crippen molar-refractivity contribution in [2.24, 2.45) is 11.8 Å². The molecule has 0 N–H and O–H groups in total. The fourth-order valence-electron chi connectivity index (χ4n) is 2.76. The van der Waals surface area contributed by atoms with Gasteiger partial charge in [0, 0.05) is 5.92 Å². The Hall–Kier alpha value is -1.06. The van der Waals surface area contributed by atoms with Crippen LogP contribution >= 0.6 is 0 Å². The molecule has 1 heterocycles. The van der Waals surface area contributed by atoms with E-state index in [-0.39, 0.29) is 11.8 Å². The van der Waals surface area contributed by atoms with Gasteiger partial charge in [-0.3, -0.25) is 0 Å². The Morgan fingerprint density at radius 2 is 2.06 bits per heavy atom. The van der Waals surface area contributed by atoms with Crippen molar-refractivity contribution in [1.29, 1.82) is 0 Å². The highest BCUT2D eigenvalue weighted by Gasteiger charge is 2.45. The van der Waals surface area contributed by atoms with Crippen molar-refractivity contribution in [3.05, 3.63) is 5.21 Å². The van der Waals surface area contributed by atoms with E-state index in [1.165, 1.54) is 6.42 Å². The number of ether oxygens (including phenoxy) is 1. The summed E-state index contributed by atoms with van der Waals surface area (Å²) in [5, 5.41) is 12.1. The number of hydroxylamine groups is 1. The van der Waals surface area contributed by atoms with E-state index in [0.29, 0.717) is 5.71 Å². The summed E-state index contributed by atoms with van der Waals surface area (Å²) in [5.41, 5.74) is 0.322. The molecule has 0 aromatic carbocycles. The van der Waals surface area contributed by atoms with Crippen LogP contribution in [-0.4, -0.2) is 22.6 Å². The lowest BCUT2D eigenvalue weighted by molar-refractivity contribution is -0.548. The van der Waals surface area contributed by atoms with Gasteiger partial charge in [0.2, 0.25) is 0 Å². The minimum atomic E-state index is -0.549. The second kappa shape index (κ2) is 5.07. The average Bonchev–Trinajstić information content (AvgIpc) is 2.65. The summed E-state index contributed by atoms with van der Waals surface area (Å²) < 4.78 is 6.14. The minimum absolute atomic E-state index is 0.00593. The van der Waals surface area contributed by atoms with Crippen molar-refractivity contribution in [2.45, 2.75) is 58.6 Å². The zero-order valence-corrected chi connectivity index (χ0v) is 10.6. The van der Waals surface area contributed by atoms with E-state index in [1.54, 1.807) is 0 Å². The highest BCUT2D eigenvalue weighted by Crippen LogP contribution is 2.31. The van der Waals surface area contributed by atoms with E-state index < -0.39 is 12.2 Å². The first-order chi connectivity index (χ1) is 8.15. The number of hydrogen-bond acceptors (Lipinski definition) is 3. The van der Waals surface area contributed by atoms with Gasteiger partial charge in [0.25, 0.3) is 5.71 Å². The number of carbonyl (C=O) groups excluding carboxylic acids is 1. The Morgan fingerprint density at radius 1 is 1.41 bits per heavy atom. The maximum Gasteiger partial charge on any atom is 0.405 e. The van der Waals surface area contributed by atoms with Crippen LogP contribution in [0.2, 0.25) is 0 Å². The molecule has 2 atom stereocenters. The van der Waals surface area contributed by atoms with E-state index in [4.69, 9.17) is 4.74 Å². The van der Waals surface area contributed by atoms with Crippen LogP contribution < -0.4 is 0 Å². The third-order valence-corrected chi connectivity index (χ3v) is 4.04. The topological polar surface area (TPSA) is 52.4 Å². The predicted octanol–water partition coefficient (Wildman–Crippen LogP) is 2.45. The molecule has 1 saturated carbocycles. The van der Waals surface area contributed by atoms with Crippen molar-refractivity contribution >= 4 is 11.7 Å². The van der Waals surface area contributed by atoms with Crippen LogP contribution in [0.1, 0.15) is 52.4 Å². The normalized spacial score (nSPS) is 28.4. The van der Waals surface area contributed by atoms with Crippen molar-refractivity contribution < 1.29 is 14.3 Å². The SMILES string of the molecule is CCC(C)C1=[N+]([O-])C(C2CCCCC2)OC1=O. The molecule has 2 unspecified atom stereocenters. The van der Waals surface area contributed by atoms with Gasteiger partial charge < -0.3 is 9.94 Å². The molecule has 1 aliphatic heterocycles. The van der Waals surface area contributed by atoms with Gasteiger partial charge in [0.15, 0.2) is 0 Å². The number of esters is 1. The monoisotopic (exact) mass is 239 g/mol. The van der Waals surface area contributed by atoms with E-state index in [1.807, 2.05) is 13.8 Å². The quantitative estimate of drug-likeness (QED) is 0.432. The van der Waals surface area contributed by atoms with Crippen LogP contribution in [-0.2, 0) is 9.53 Å². The summed E-state index contributed by atoms with van der Waals surface area (Å²) in [6.45, 7) is 3.89. The molecule has 17 heavy (non-hydrogen) atoms. The van der Waals surface area contributed by atoms with E-state index in [9.17, 15) is 10.0 Å². The fourth-order valence-corrected chi connectivity index (χ4v) is 2.76. The third kappa shape index (κ3) is 2.31. The molecule has 2 rings (SSSR count). The molecule has 1 fully saturated rings. The standard InChI is InChI=1S/C13H21NO3/c1-3-9(2)11-13(15)17-12(14(11)16)10-7-5-4-6-8-10/h9-10,12H,3-8H2,1-2H3. The maximum atomic E-state index is 12.1. The average molecular weight is 239 g/mol. The highest BCUT2D eigenvalue weighted by molar-refractivity contribution is 6.35. The number of carbonyl (C=O) groups is 1. The van der Waals surface area contributed by atoms with Gasteiger partial charge in [-0.25, -0.2) is 4.79 Å². The van der Waals surface area contributed by atoms with Crippen molar-refractivity contribution in [1.82, 2.24) is 0 Å². The Kier molecular flexibility index (Phi) is 3.69. The van der Waals surface area contributed by atoms with Gasteiger partial charge in [0.1, 0.15) is 0 Å². The summed E-state index contributed by atoms with van der Waals surface area (Å²) in [4.78, 5) is 11.7. The van der Waals surface area contributed by atoms with E-state index in [0.717, 1.165) is 36.8 Å². The molecule has 0 amide bonds. The Morgan fingerprint density at radius 3 is 2.65 bits per heavy atom. The van der Waals surface area contributed by atoms with Crippen LogP contribution in [0.15, 0.2) is 0 Å². The number of rotatable bonds is 3. The molecule has 4 heteroatoms. The summed E-state index contributed by atoms with van der Waals surface area (Å²) in [7, 11) is 0. The first kappa shape index (κ1) is 12.4. The molecule has 0 spiro atoms. The lowest BCUT2D eigenvalue weighted by Crippen LogP contribution is -2.31. The molecule has 0 radical (unpaired) electrons. The largest absolute Gasteiger partial charge is 0.621 e. The second-order valence-electron chi connectivity index (χ2n) is 5.21. The van der Waals surface area contributed by atoms with Crippen LogP contribution in [0.5, 0.6) is 0 Å². The first-order valence-corrected chi connectivity index (χ1v) is 6.69. The zero-order valence-electron chi connectivity index (χ0n) is 10.6. The lowest BCUT2D eigenvalue weighted by atomic mass is 9.88. The Bertz CT molecular complexity index is 332. The van der Waals surface area contributed by atoms with Crippen LogP contribution in [0.3, 0.4) is 0 Å². The molecule has 96 valence electrons. The number of hydrogen-bond donors (Lipinski definition) is 0. The van der Waals surface area contributed by atoms with Gasteiger partial charge in [-0.2, -0.15) is 4.74 Å². The number of nitrogens with zero attached hydrogens (tertiary/aromatic N) is 1. The Labute approximate surface area is 102 Å². The molecule has 4 nitrogen and oxygen atoms in total. The summed E-state index contributed by atoms with van der Waals surface area (Å²) in [5.74, 6) is -0.176. The molecule has 0 bridgehead atoms.